The van der Waals surface area contributed by atoms with Gasteiger partial charge in [-0.25, -0.2) is 0 Å². The Balaban J connectivity index is 1.88. The van der Waals surface area contributed by atoms with Crippen LogP contribution in [0.5, 0.6) is 0 Å². The fraction of sp³-hybridized carbons (Fsp3) is 0.143. The Morgan fingerprint density at radius 1 is 1.00 bits per heavy atom. The minimum Gasteiger partial charge on any atom is -0.618 e. The third-order valence-electron chi connectivity index (χ3n) is 4.14. The molecule has 1 N–H and O–H groups in total. The van der Waals surface area contributed by atoms with Crippen molar-refractivity contribution in [2.24, 2.45) is 0 Å². The van der Waals surface area contributed by atoms with Gasteiger partial charge in [-0.2, -0.15) is 4.73 Å². The molecule has 0 aliphatic carbocycles. The van der Waals surface area contributed by atoms with Crippen LogP contribution in [-0.2, 0) is 4.79 Å². The van der Waals surface area contributed by atoms with Crippen LogP contribution in [0.25, 0.3) is 0 Å². The molecule has 0 bridgehead atoms. The van der Waals surface area contributed by atoms with Gasteiger partial charge in [0.2, 0.25) is 5.91 Å². The molecular formula is C21H20N2O2S. The first-order chi connectivity index (χ1) is 12.5. The zero-order valence-corrected chi connectivity index (χ0v) is 15.5. The van der Waals surface area contributed by atoms with E-state index < -0.39 is 5.25 Å². The summed E-state index contributed by atoms with van der Waals surface area (Å²) in [5.74, 6) is -0.159. The van der Waals surface area contributed by atoms with Gasteiger partial charge < -0.3 is 10.5 Å². The Morgan fingerprint density at radius 3 is 2.42 bits per heavy atom. The van der Waals surface area contributed by atoms with Crippen molar-refractivity contribution in [1.82, 2.24) is 0 Å². The van der Waals surface area contributed by atoms with Crippen LogP contribution >= 0.6 is 11.8 Å². The van der Waals surface area contributed by atoms with Crippen molar-refractivity contribution in [3.63, 3.8) is 0 Å². The van der Waals surface area contributed by atoms with Gasteiger partial charge in [0.1, 0.15) is 5.25 Å². The molecule has 1 aromatic heterocycles. The maximum absolute atomic E-state index is 13.0. The van der Waals surface area contributed by atoms with E-state index in [1.807, 2.05) is 62.4 Å². The van der Waals surface area contributed by atoms with Crippen molar-refractivity contribution in [2.45, 2.75) is 24.1 Å². The standard InChI is InChI=1S/C21H20N2O2S/c1-15-11-12-18(14-16(15)2)22-21(24)20(17-8-4-3-5-9-17)26-19-10-6-7-13-23(19)25/h3-14,20H,1-2H3,(H,22,24). The van der Waals surface area contributed by atoms with E-state index in [1.54, 1.807) is 18.2 Å². The van der Waals surface area contributed by atoms with Crippen LogP contribution in [0.1, 0.15) is 21.9 Å². The van der Waals surface area contributed by atoms with Crippen LogP contribution in [-0.4, -0.2) is 5.91 Å². The maximum Gasteiger partial charge on any atom is 0.252 e. The molecule has 1 unspecified atom stereocenters. The number of nitrogens with one attached hydrogen (secondary N) is 1. The average molecular weight is 364 g/mol. The van der Waals surface area contributed by atoms with Crippen molar-refractivity contribution < 1.29 is 9.52 Å². The van der Waals surface area contributed by atoms with Crippen LogP contribution in [0.2, 0.25) is 0 Å². The van der Waals surface area contributed by atoms with Gasteiger partial charge in [0.25, 0.3) is 5.03 Å². The highest BCUT2D eigenvalue weighted by Crippen LogP contribution is 2.34. The number of rotatable bonds is 5. The highest BCUT2D eigenvalue weighted by Gasteiger charge is 2.25. The van der Waals surface area contributed by atoms with Gasteiger partial charge in [-0.15, -0.1) is 0 Å². The van der Waals surface area contributed by atoms with Crippen molar-refractivity contribution in [3.05, 3.63) is 94.8 Å². The number of amides is 1. The molecule has 0 saturated carbocycles. The number of hydrogen-bond acceptors (Lipinski definition) is 3. The number of aryl methyl sites for hydroxylation is 2. The lowest BCUT2D eigenvalue weighted by molar-refractivity contribution is -0.645. The monoisotopic (exact) mass is 364 g/mol. The normalized spacial score (nSPS) is 11.8. The number of aromatic nitrogens is 1. The van der Waals surface area contributed by atoms with Crippen molar-refractivity contribution >= 4 is 23.4 Å². The molecule has 1 atom stereocenters. The van der Waals surface area contributed by atoms with Gasteiger partial charge in [0, 0.05) is 17.8 Å². The first-order valence-corrected chi connectivity index (χ1v) is 9.20. The number of carbonyl (C=O) groups is 1. The lowest BCUT2D eigenvalue weighted by Crippen LogP contribution is -2.29. The van der Waals surface area contributed by atoms with E-state index in [2.05, 4.69) is 5.32 Å². The zero-order chi connectivity index (χ0) is 18.5. The highest BCUT2D eigenvalue weighted by molar-refractivity contribution is 8.00. The first kappa shape index (κ1) is 18.0. The summed E-state index contributed by atoms with van der Waals surface area (Å²) in [5, 5.41) is 14.9. The Kier molecular flexibility index (Phi) is 5.58. The summed E-state index contributed by atoms with van der Waals surface area (Å²) in [7, 11) is 0. The predicted octanol–water partition coefficient (Wildman–Crippen LogP) is 4.41. The van der Waals surface area contributed by atoms with Gasteiger partial charge in [-0.05, 0) is 60.5 Å². The second kappa shape index (κ2) is 8.06. The highest BCUT2D eigenvalue weighted by atomic mass is 32.2. The number of benzene rings is 2. The van der Waals surface area contributed by atoms with E-state index in [0.29, 0.717) is 5.03 Å². The summed E-state index contributed by atoms with van der Waals surface area (Å²) in [6.07, 6.45) is 1.44. The molecule has 0 spiro atoms. The number of thioether (sulfide) groups is 1. The molecule has 0 aliphatic heterocycles. The summed E-state index contributed by atoms with van der Waals surface area (Å²) in [6.45, 7) is 4.05. The third kappa shape index (κ3) is 4.24. The second-order valence-electron chi connectivity index (χ2n) is 6.06. The van der Waals surface area contributed by atoms with E-state index >= 15 is 0 Å². The van der Waals surface area contributed by atoms with E-state index in [9.17, 15) is 10.0 Å². The summed E-state index contributed by atoms with van der Waals surface area (Å²) < 4.78 is 0.782. The largest absolute Gasteiger partial charge is 0.618 e. The number of pyridine rings is 1. The minimum absolute atomic E-state index is 0.159. The van der Waals surface area contributed by atoms with Crippen molar-refractivity contribution in [2.75, 3.05) is 5.32 Å². The van der Waals surface area contributed by atoms with E-state index in [0.717, 1.165) is 21.5 Å². The number of hydrogen-bond donors (Lipinski definition) is 1. The number of anilines is 1. The molecule has 3 aromatic rings. The number of carbonyl (C=O) groups excluding carboxylic acids is 1. The van der Waals surface area contributed by atoms with Gasteiger partial charge in [-0.3, -0.25) is 4.79 Å². The fourth-order valence-corrected chi connectivity index (χ4v) is 3.57. The molecular weight excluding hydrogens is 344 g/mol. The van der Waals surface area contributed by atoms with Gasteiger partial charge in [0.05, 0.1) is 0 Å². The quantitative estimate of drug-likeness (QED) is 0.414. The maximum atomic E-state index is 13.0. The van der Waals surface area contributed by atoms with Gasteiger partial charge in [0.15, 0.2) is 6.20 Å². The van der Waals surface area contributed by atoms with E-state index in [1.165, 1.54) is 23.5 Å². The lowest BCUT2D eigenvalue weighted by atomic mass is 10.1. The second-order valence-corrected chi connectivity index (χ2v) is 7.19. The fourth-order valence-electron chi connectivity index (χ4n) is 2.55. The number of nitrogens with zero attached hydrogens (tertiary/aromatic N) is 1. The molecule has 0 aliphatic rings. The molecule has 0 saturated heterocycles. The zero-order valence-electron chi connectivity index (χ0n) is 14.7. The molecule has 26 heavy (non-hydrogen) atoms. The molecule has 5 heteroatoms. The van der Waals surface area contributed by atoms with Gasteiger partial charge >= 0.3 is 0 Å². The predicted molar refractivity (Wildman–Crippen MR) is 105 cm³/mol. The molecule has 1 amide bonds. The Bertz CT molecular complexity index is 913. The Labute approximate surface area is 157 Å². The Morgan fingerprint density at radius 2 is 1.73 bits per heavy atom. The summed E-state index contributed by atoms with van der Waals surface area (Å²) >= 11 is 1.24. The van der Waals surface area contributed by atoms with Crippen LogP contribution in [0, 0.1) is 19.1 Å². The lowest BCUT2D eigenvalue weighted by Gasteiger charge is -2.17. The smallest absolute Gasteiger partial charge is 0.252 e. The SMILES string of the molecule is Cc1ccc(NC(=O)C(Sc2cccc[n+]2[O-])c2ccccc2)cc1C. The molecule has 2 aromatic carbocycles. The molecule has 0 fully saturated rings. The van der Waals surface area contributed by atoms with Crippen molar-refractivity contribution in [3.8, 4) is 0 Å². The molecule has 1 heterocycles. The summed E-state index contributed by atoms with van der Waals surface area (Å²) in [4.78, 5) is 13.0. The molecule has 0 radical (unpaired) electrons. The van der Waals surface area contributed by atoms with Crippen LogP contribution in [0.4, 0.5) is 5.69 Å². The first-order valence-electron chi connectivity index (χ1n) is 8.32. The average Bonchev–Trinajstić information content (AvgIpc) is 2.64. The molecule has 3 rings (SSSR count). The third-order valence-corrected chi connectivity index (χ3v) is 5.42. The summed E-state index contributed by atoms with van der Waals surface area (Å²) in [5.41, 5.74) is 3.89. The minimum atomic E-state index is -0.527. The summed E-state index contributed by atoms with van der Waals surface area (Å²) in [6, 6.07) is 20.5. The van der Waals surface area contributed by atoms with E-state index in [4.69, 9.17) is 0 Å². The Hall–Kier alpha value is -2.79. The molecule has 132 valence electrons. The topological polar surface area (TPSA) is 56.0 Å². The molecule has 4 nitrogen and oxygen atoms in total. The van der Waals surface area contributed by atoms with Crippen LogP contribution in [0.3, 0.4) is 0 Å². The van der Waals surface area contributed by atoms with Crippen LogP contribution in [0.15, 0.2) is 78.0 Å². The van der Waals surface area contributed by atoms with E-state index in [-0.39, 0.29) is 5.91 Å². The van der Waals surface area contributed by atoms with Crippen LogP contribution < -0.4 is 10.0 Å². The van der Waals surface area contributed by atoms with Gasteiger partial charge in [-0.1, -0.05) is 36.4 Å². The van der Waals surface area contributed by atoms with Crippen molar-refractivity contribution in [1.29, 1.82) is 0 Å².